The molecule has 0 saturated heterocycles. The van der Waals surface area contributed by atoms with E-state index in [0.717, 1.165) is 44.2 Å². The predicted molar refractivity (Wildman–Crippen MR) is 189 cm³/mol. The fourth-order valence-electron chi connectivity index (χ4n) is 6.14. The second kappa shape index (κ2) is 16.9. The molecule has 1 unspecified atom stereocenters. The Morgan fingerprint density at radius 2 is 1.60 bits per heavy atom. The molecule has 0 saturated carbocycles. The number of thioether (sulfide) groups is 1. The van der Waals surface area contributed by atoms with Gasteiger partial charge >= 0.3 is 5.97 Å². The number of rotatable bonds is 16. The molecular formula is C36H45N3O7S2. The Labute approximate surface area is 287 Å². The first-order chi connectivity index (χ1) is 23.0. The predicted octanol–water partition coefficient (Wildman–Crippen LogP) is 6.14. The number of nitrogens with one attached hydrogen (secondary N) is 2. The van der Waals surface area contributed by atoms with Gasteiger partial charge in [-0.3, -0.25) is 14.4 Å². The van der Waals surface area contributed by atoms with Crippen LogP contribution in [0.1, 0.15) is 64.0 Å². The van der Waals surface area contributed by atoms with Gasteiger partial charge in [-0.25, -0.2) is 8.42 Å². The lowest BCUT2D eigenvalue weighted by molar-refractivity contribution is -0.138. The highest BCUT2D eigenvalue weighted by Crippen LogP contribution is 2.47. The number of hydrogen-bond donors (Lipinski definition) is 3. The summed E-state index contributed by atoms with van der Waals surface area (Å²) in [6.07, 6.45) is 7.23. The molecular weight excluding hydrogens is 651 g/mol. The molecule has 2 amide bonds. The molecule has 4 rings (SSSR count). The normalized spacial score (nSPS) is 15.4. The van der Waals surface area contributed by atoms with E-state index in [1.807, 2.05) is 42.7 Å². The first-order valence-corrected chi connectivity index (χ1v) is 19.1. The fourth-order valence-corrected chi connectivity index (χ4v) is 8.80. The van der Waals surface area contributed by atoms with Crippen LogP contribution in [0.4, 0.5) is 11.4 Å². The average Bonchev–Trinajstić information content (AvgIpc) is 3.18. The van der Waals surface area contributed by atoms with Crippen LogP contribution in [0.25, 0.3) is 0 Å². The number of carboxylic acids is 1. The third-order valence-electron chi connectivity index (χ3n) is 8.52. The summed E-state index contributed by atoms with van der Waals surface area (Å²) >= 11 is 1.38. The molecule has 0 aliphatic carbocycles. The number of unbranched alkanes of at least 4 members (excludes halogenated alkanes) is 2. The van der Waals surface area contributed by atoms with Gasteiger partial charge < -0.3 is 25.4 Å². The summed E-state index contributed by atoms with van der Waals surface area (Å²) < 4.78 is 34.7. The smallest absolute Gasteiger partial charge is 0.322 e. The van der Waals surface area contributed by atoms with E-state index in [2.05, 4.69) is 29.4 Å². The number of nitrogens with zero attached hydrogens (tertiary/aromatic N) is 1. The molecule has 0 fully saturated rings. The van der Waals surface area contributed by atoms with Crippen molar-refractivity contribution in [2.24, 2.45) is 5.41 Å². The molecule has 12 heteroatoms. The number of carbonyl (C=O) groups excluding carboxylic acids is 2. The van der Waals surface area contributed by atoms with Crippen LogP contribution in [0.15, 0.2) is 82.6 Å². The molecule has 1 aliphatic rings. The third-order valence-corrected chi connectivity index (χ3v) is 11.3. The van der Waals surface area contributed by atoms with Crippen LogP contribution in [-0.2, 0) is 24.2 Å². The highest BCUT2D eigenvalue weighted by atomic mass is 32.2. The van der Waals surface area contributed by atoms with E-state index in [0.29, 0.717) is 22.7 Å². The lowest BCUT2D eigenvalue weighted by atomic mass is 9.79. The third kappa shape index (κ3) is 9.31. The van der Waals surface area contributed by atoms with E-state index in [1.165, 1.54) is 17.8 Å². The lowest BCUT2D eigenvalue weighted by Crippen LogP contribution is -2.43. The maximum Gasteiger partial charge on any atom is 0.322 e. The Hall–Kier alpha value is -4.03. The van der Waals surface area contributed by atoms with Crippen molar-refractivity contribution >= 4 is 50.8 Å². The van der Waals surface area contributed by atoms with Crippen LogP contribution in [0.2, 0.25) is 0 Å². The second-order valence-corrected chi connectivity index (χ2v) is 15.0. The van der Waals surface area contributed by atoms with Gasteiger partial charge in [-0.2, -0.15) is 0 Å². The van der Waals surface area contributed by atoms with Crippen LogP contribution in [0, 0.1) is 5.41 Å². The summed E-state index contributed by atoms with van der Waals surface area (Å²) in [6.45, 7) is 3.70. The summed E-state index contributed by atoms with van der Waals surface area (Å²) in [6, 6.07) is 20.5. The number of ether oxygens (including phenoxy) is 1. The molecule has 48 heavy (non-hydrogen) atoms. The minimum atomic E-state index is -3.79. The van der Waals surface area contributed by atoms with Crippen molar-refractivity contribution in [2.45, 2.75) is 68.2 Å². The molecule has 258 valence electrons. The van der Waals surface area contributed by atoms with Crippen molar-refractivity contribution in [3.63, 3.8) is 0 Å². The van der Waals surface area contributed by atoms with Gasteiger partial charge in [-0.05, 0) is 42.9 Å². The minimum absolute atomic E-state index is 0.0130. The number of aliphatic carboxylic acids is 1. The van der Waals surface area contributed by atoms with Crippen LogP contribution >= 0.6 is 11.8 Å². The quantitative estimate of drug-likeness (QED) is 0.151. The first kappa shape index (κ1) is 36.8. The number of benzene rings is 3. The minimum Gasteiger partial charge on any atom is -0.483 e. The van der Waals surface area contributed by atoms with Crippen molar-refractivity contribution in [1.82, 2.24) is 10.6 Å². The number of carbonyl (C=O) groups is 3. The summed E-state index contributed by atoms with van der Waals surface area (Å²) in [5.74, 6) is -2.28. The molecule has 1 atom stereocenters. The lowest BCUT2D eigenvalue weighted by Gasteiger charge is -2.37. The van der Waals surface area contributed by atoms with Crippen LogP contribution in [0.5, 0.6) is 5.75 Å². The number of sulfone groups is 1. The molecule has 10 nitrogen and oxygen atoms in total. The standard InChI is InChI=1S/C36H45N3O7S2/c1-4-6-18-36(19-7-5-2)24-39(27-16-12-9-13-17-27)28-20-30(47-3)29(21-31(28)48(44,45)25-36)46-23-32(40)38-34(26-14-10-8-11-15-26)35(43)37-22-33(41)42/h8-17,20-21,34H,4-7,18-19,22-25H2,1-3H3,(H,37,43)(H,38,40)(H,41,42). The Bertz CT molecular complexity index is 1660. The van der Waals surface area contributed by atoms with Crippen molar-refractivity contribution in [2.75, 3.05) is 36.6 Å². The Balaban J connectivity index is 1.68. The molecule has 1 heterocycles. The molecule has 1 aliphatic heterocycles. The Kier molecular flexibility index (Phi) is 12.9. The van der Waals surface area contributed by atoms with E-state index in [9.17, 15) is 22.8 Å². The van der Waals surface area contributed by atoms with Gasteiger partial charge in [0.1, 0.15) is 18.3 Å². The molecule has 3 N–H and O–H groups in total. The van der Waals surface area contributed by atoms with Crippen LogP contribution in [0.3, 0.4) is 0 Å². The highest BCUT2D eigenvalue weighted by molar-refractivity contribution is 7.98. The topological polar surface area (TPSA) is 142 Å². The van der Waals surface area contributed by atoms with Crippen molar-refractivity contribution < 1.29 is 32.6 Å². The number of amides is 2. The van der Waals surface area contributed by atoms with Gasteiger partial charge in [0.2, 0.25) is 5.91 Å². The monoisotopic (exact) mass is 695 g/mol. The van der Waals surface area contributed by atoms with Gasteiger partial charge in [0.05, 0.1) is 21.2 Å². The van der Waals surface area contributed by atoms with Gasteiger partial charge in [-0.15, -0.1) is 11.8 Å². The molecule has 3 aromatic carbocycles. The first-order valence-electron chi connectivity index (χ1n) is 16.3. The van der Waals surface area contributed by atoms with Crippen LogP contribution < -0.4 is 20.3 Å². The number of para-hydroxylation sites is 1. The zero-order valence-corrected chi connectivity index (χ0v) is 29.4. The van der Waals surface area contributed by atoms with E-state index in [-0.39, 0.29) is 16.4 Å². The zero-order valence-electron chi connectivity index (χ0n) is 27.7. The van der Waals surface area contributed by atoms with Crippen molar-refractivity contribution in [1.29, 1.82) is 0 Å². The second-order valence-electron chi connectivity index (χ2n) is 12.2. The molecule has 3 aromatic rings. The number of fused-ring (bicyclic) bond motifs is 1. The molecule has 0 bridgehead atoms. The maximum absolute atomic E-state index is 14.3. The largest absolute Gasteiger partial charge is 0.483 e. The van der Waals surface area contributed by atoms with Gasteiger partial charge in [0, 0.05) is 23.7 Å². The van der Waals surface area contributed by atoms with E-state index < -0.39 is 52.2 Å². The van der Waals surface area contributed by atoms with Crippen molar-refractivity contribution in [3.8, 4) is 5.75 Å². The van der Waals surface area contributed by atoms with Crippen molar-refractivity contribution in [3.05, 3.63) is 78.4 Å². The summed E-state index contributed by atoms with van der Waals surface area (Å²) in [7, 11) is -3.79. The fraction of sp³-hybridized carbons (Fsp3) is 0.417. The Morgan fingerprint density at radius 3 is 2.19 bits per heavy atom. The number of anilines is 2. The molecule has 0 radical (unpaired) electrons. The number of carboxylic acid groups (broad SMARTS) is 1. The summed E-state index contributed by atoms with van der Waals surface area (Å²) in [5.41, 5.74) is 1.50. The van der Waals surface area contributed by atoms with E-state index in [4.69, 9.17) is 9.84 Å². The SMILES string of the molecule is CCCCC1(CCCC)CN(c2ccccc2)c2cc(SC)c(OCC(=O)NC(C(=O)NCC(=O)O)c3ccccc3)cc2S(=O)(=O)C1. The summed E-state index contributed by atoms with van der Waals surface area (Å²) in [4.78, 5) is 40.0. The van der Waals surface area contributed by atoms with Gasteiger partial charge in [0.15, 0.2) is 16.4 Å². The number of hydrogen-bond acceptors (Lipinski definition) is 8. The average molecular weight is 696 g/mol. The Morgan fingerprint density at radius 1 is 0.979 bits per heavy atom. The zero-order chi connectivity index (χ0) is 34.7. The maximum atomic E-state index is 14.3. The molecule has 0 spiro atoms. The van der Waals surface area contributed by atoms with Gasteiger partial charge in [0.25, 0.3) is 5.91 Å². The highest BCUT2D eigenvalue weighted by Gasteiger charge is 2.42. The van der Waals surface area contributed by atoms with Crippen LogP contribution in [-0.4, -0.2) is 63.0 Å². The summed E-state index contributed by atoms with van der Waals surface area (Å²) in [5, 5.41) is 13.9. The van der Waals surface area contributed by atoms with E-state index in [1.54, 1.807) is 30.3 Å². The van der Waals surface area contributed by atoms with Gasteiger partial charge in [-0.1, -0.05) is 88.1 Å². The van der Waals surface area contributed by atoms with E-state index >= 15 is 0 Å². The molecule has 0 aromatic heterocycles.